The fourth-order valence-electron chi connectivity index (χ4n) is 2.60. The molecule has 0 saturated heterocycles. The van der Waals surface area contributed by atoms with Crippen molar-refractivity contribution >= 4 is 41.1 Å². The van der Waals surface area contributed by atoms with Crippen LogP contribution < -0.4 is 5.32 Å². The van der Waals surface area contributed by atoms with E-state index in [0.717, 1.165) is 16.3 Å². The van der Waals surface area contributed by atoms with Crippen LogP contribution in [0, 0.1) is 0 Å². The number of carbonyl (C=O) groups excluding carboxylic acids is 2. The number of hydrogen-bond acceptors (Lipinski definition) is 5. The summed E-state index contributed by atoms with van der Waals surface area (Å²) in [5.41, 5.74) is 3.58. The first-order valence-corrected chi connectivity index (χ1v) is 10.1. The summed E-state index contributed by atoms with van der Waals surface area (Å²) >= 11 is 1.60. The number of nitrogens with zero attached hydrogens (tertiary/aromatic N) is 1. The van der Waals surface area contributed by atoms with E-state index in [-0.39, 0.29) is 5.91 Å². The van der Waals surface area contributed by atoms with Gasteiger partial charge in [0, 0.05) is 16.6 Å². The largest absolute Gasteiger partial charge is 0.465 e. The summed E-state index contributed by atoms with van der Waals surface area (Å²) in [4.78, 5) is 28.6. The number of anilines is 1. The molecule has 3 rings (SSSR count). The Kier molecular flexibility index (Phi) is 6.57. The normalized spacial score (nSPS) is 11.0. The maximum atomic E-state index is 12.6. The molecule has 0 saturated carbocycles. The van der Waals surface area contributed by atoms with E-state index in [1.165, 1.54) is 7.11 Å². The van der Waals surface area contributed by atoms with Crippen LogP contribution >= 0.6 is 11.3 Å². The smallest absolute Gasteiger partial charge is 0.337 e. The lowest BCUT2D eigenvalue weighted by Gasteiger charge is -2.07. The van der Waals surface area contributed by atoms with Crippen LogP contribution in [0.15, 0.2) is 53.9 Å². The Hall–Kier alpha value is -3.25. The van der Waals surface area contributed by atoms with Gasteiger partial charge in [-0.1, -0.05) is 32.1 Å². The number of carbonyl (C=O) groups is 2. The minimum atomic E-state index is -0.414. The average molecular weight is 407 g/mol. The summed E-state index contributed by atoms with van der Waals surface area (Å²) in [6.07, 6.45) is 3.91. The van der Waals surface area contributed by atoms with Crippen molar-refractivity contribution in [1.29, 1.82) is 0 Å². The molecule has 0 radical (unpaired) electrons. The summed E-state index contributed by atoms with van der Waals surface area (Å²) in [5.74, 6) is -0.229. The van der Waals surface area contributed by atoms with E-state index in [9.17, 15) is 9.59 Å². The predicted octanol–water partition coefficient (Wildman–Crippen LogP) is 5.48. The van der Waals surface area contributed by atoms with Crippen molar-refractivity contribution in [1.82, 2.24) is 4.98 Å². The van der Waals surface area contributed by atoms with E-state index in [1.807, 2.05) is 30.4 Å². The van der Waals surface area contributed by atoms with Crippen LogP contribution in [-0.2, 0) is 4.74 Å². The third-order valence-corrected chi connectivity index (χ3v) is 5.09. The lowest BCUT2D eigenvalue weighted by Crippen LogP contribution is -2.12. The molecule has 0 aliphatic rings. The first-order chi connectivity index (χ1) is 14.0. The van der Waals surface area contributed by atoms with E-state index < -0.39 is 5.97 Å². The van der Waals surface area contributed by atoms with Gasteiger partial charge in [0.25, 0.3) is 5.91 Å². The maximum absolute atomic E-state index is 12.6. The maximum Gasteiger partial charge on any atom is 0.337 e. The molecule has 148 valence electrons. The van der Waals surface area contributed by atoms with Gasteiger partial charge in [-0.25, -0.2) is 9.78 Å². The molecular weight excluding hydrogens is 384 g/mol. The van der Waals surface area contributed by atoms with Crippen molar-refractivity contribution in [2.24, 2.45) is 0 Å². The van der Waals surface area contributed by atoms with Gasteiger partial charge in [-0.2, -0.15) is 0 Å². The van der Waals surface area contributed by atoms with Gasteiger partial charge < -0.3 is 10.1 Å². The third kappa shape index (κ3) is 5.39. The molecule has 1 N–H and O–H groups in total. The zero-order chi connectivity index (χ0) is 20.8. The Labute approximate surface area is 174 Å². The van der Waals surface area contributed by atoms with Gasteiger partial charge >= 0.3 is 5.97 Å². The Morgan fingerprint density at radius 3 is 2.48 bits per heavy atom. The minimum absolute atomic E-state index is 0.220. The quantitative estimate of drug-likeness (QED) is 0.551. The number of methoxy groups -OCH3 is 1. The molecule has 0 aliphatic carbocycles. The molecule has 0 unspecified atom stereocenters. The molecule has 3 aromatic rings. The summed E-state index contributed by atoms with van der Waals surface area (Å²) in [6.45, 7) is 4.24. The zero-order valence-electron chi connectivity index (χ0n) is 16.5. The molecule has 1 heterocycles. The van der Waals surface area contributed by atoms with E-state index in [0.29, 0.717) is 22.7 Å². The van der Waals surface area contributed by atoms with Crippen LogP contribution in [0.25, 0.3) is 12.2 Å². The highest BCUT2D eigenvalue weighted by Gasteiger charge is 2.09. The molecule has 6 heteroatoms. The number of hydrogen-bond donors (Lipinski definition) is 1. The van der Waals surface area contributed by atoms with Crippen molar-refractivity contribution < 1.29 is 14.3 Å². The van der Waals surface area contributed by atoms with Gasteiger partial charge in [-0.15, -0.1) is 11.3 Å². The second-order valence-corrected chi connectivity index (χ2v) is 7.64. The molecule has 29 heavy (non-hydrogen) atoms. The van der Waals surface area contributed by atoms with Gasteiger partial charge in [0.15, 0.2) is 0 Å². The topological polar surface area (TPSA) is 68.3 Å². The van der Waals surface area contributed by atoms with Crippen molar-refractivity contribution in [3.8, 4) is 0 Å². The van der Waals surface area contributed by atoms with E-state index in [2.05, 4.69) is 34.3 Å². The molecule has 0 aliphatic heterocycles. The molecule has 0 bridgehead atoms. The summed E-state index contributed by atoms with van der Waals surface area (Å²) in [5, 5.41) is 5.84. The van der Waals surface area contributed by atoms with Crippen LogP contribution in [0.1, 0.15) is 56.7 Å². The van der Waals surface area contributed by atoms with Gasteiger partial charge in [0.2, 0.25) is 0 Å². The summed E-state index contributed by atoms with van der Waals surface area (Å²) in [6, 6.07) is 13.9. The predicted molar refractivity (Wildman–Crippen MR) is 117 cm³/mol. The van der Waals surface area contributed by atoms with Crippen LogP contribution in [0.5, 0.6) is 0 Å². The van der Waals surface area contributed by atoms with Crippen LogP contribution in [0.2, 0.25) is 0 Å². The molecule has 1 aromatic heterocycles. The fraction of sp³-hybridized carbons (Fsp3) is 0.174. The second-order valence-electron chi connectivity index (χ2n) is 6.75. The number of ether oxygens (including phenoxy) is 1. The molecule has 1 amide bonds. The highest BCUT2D eigenvalue weighted by Crippen LogP contribution is 2.20. The van der Waals surface area contributed by atoms with E-state index in [4.69, 9.17) is 0 Å². The van der Waals surface area contributed by atoms with Crippen molar-refractivity contribution in [2.45, 2.75) is 19.8 Å². The molecular formula is C23H22N2O3S. The third-order valence-electron chi connectivity index (χ3n) is 4.26. The van der Waals surface area contributed by atoms with Crippen LogP contribution in [0.3, 0.4) is 0 Å². The van der Waals surface area contributed by atoms with E-state index in [1.54, 1.807) is 41.7 Å². The van der Waals surface area contributed by atoms with Crippen molar-refractivity contribution in [3.63, 3.8) is 0 Å². The van der Waals surface area contributed by atoms with Gasteiger partial charge in [0.05, 0.1) is 18.4 Å². The molecule has 0 atom stereocenters. The number of benzene rings is 2. The van der Waals surface area contributed by atoms with Gasteiger partial charge in [-0.3, -0.25) is 4.79 Å². The zero-order valence-corrected chi connectivity index (χ0v) is 17.3. The fourth-order valence-corrected chi connectivity index (χ4v) is 3.48. The van der Waals surface area contributed by atoms with Gasteiger partial charge in [-0.05, 0) is 54.0 Å². The lowest BCUT2D eigenvalue weighted by atomic mass is 10.1. The number of nitrogens with one attached hydrogen (secondary N) is 1. The lowest BCUT2D eigenvalue weighted by molar-refractivity contribution is 0.0600. The number of amides is 1. The Morgan fingerprint density at radius 1 is 1.07 bits per heavy atom. The Balaban J connectivity index is 1.68. The monoisotopic (exact) mass is 406 g/mol. The van der Waals surface area contributed by atoms with E-state index >= 15 is 0 Å². The minimum Gasteiger partial charge on any atom is -0.465 e. The number of rotatable bonds is 6. The first-order valence-electron chi connectivity index (χ1n) is 9.19. The van der Waals surface area contributed by atoms with Crippen LogP contribution in [0.4, 0.5) is 5.69 Å². The summed E-state index contributed by atoms with van der Waals surface area (Å²) < 4.78 is 4.67. The van der Waals surface area contributed by atoms with Crippen LogP contribution in [-0.4, -0.2) is 24.0 Å². The SMILES string of the molecule is COC(=O)c1ccc(NC(=O)c2cccc(/C=C/c3nc(C(C)C)cs3)c2)cc1. The number of esters is 1. The molecule has 2 aromatic carbocycles. The number of aromatic nitrogens is 1. The van der Waals surface area contributed by atoms with Crippen molar-refractivity contribution in [2.75, 3.05) is 12.4 Å². The molecule has 0 spiro atoms. The molecule has 5 nitrogen and oxygen atoms in total. The summed E-state index contributed by atoms with van der Waals surface area (Å²) in [7, 11) is 1.33. The molecule has 0 fully saturated rings. The standard InChI is InChI=1S/C23H22N2O3S/c1-15(2)20-14-29-21(25-20)12-7-16-5-4-6-18(13-16)22(26)24-19-10-8-17(9-11-19)23(27)28-3/h4-15H,1-3H3,(H,24,26)/b12-7+. The van der Waals surface area contributed by atoms with Gasteiger partial charge in [0.1, 0.15) is 5.01 Å². The highest BCUT2D eigenvalue weighted by molar-refractivity contribution is 7.10. The Morgan fingerprint density at radius 2 is 1.83 bits per heavy atom. The Bertz CT molecular complexity index is 1040. The first kappa shape index (κ1) is 20.5. The average Bonchev–Trinajstić information content (AvgIpc) is 3.22. The number of thiazole rings is 1. The van der Waals surface area contributed by atoms with Crippen molar-refractivity contribution in [3.05, 3.63) is 81.3 Å². The highest BCUT2D eigenvalue weighted by atomic mass is 32.1. The second kappa shape index (κ2) is 9.30.